The van der Waals surface area contributed by atoms with Gasteiger partial charge < -0.3 is 15.0 Å². The number of alkyl carbamates (subject to hydrolysis) is 1. The average Bonchev–Trinajstić information content (AvgIpc) is 2.97. The number of nitrogens with one attached hydrogen (secondary N) is 1. The van der Waals surface area contributed by atoms with Gasteiger partial charge in [-0.25, -0.2) is 4.79 Å². The van der Waals surface area contributed by atoms with Crippen molar-refractivity contribution >= 4 is 34.6 Å². The monoisotopic (exact) mass is 464 g/mol. The first-order valence-electron chi connectivity index (χ1n) is 8.55. The molecule has 2 amide bonds. The van der Waals surface area contributed by atoms with Crippen molar-refractivity contribution in [3.8, 4) is 0 Å². The van der Waals surface area contributed by atoms with E-state index in [2.05, 4.69) is 27.9 Å². The van der Waals surface area contributed by atoms with Crippen molar-refractivity contribution in [2.24, 2.45) is 0 Å². The van der Waals surface area contributed by atoms with Crippen LogP contribution in [-0.2, 0) is 22.7 Å². The molecule has 1 fully saturated rings. The van der Waals surface area contributed by atoms with E-state index in [0.717, 1.165) is 15.6 Å². The maximum Gasteiger partial charge on any atom is 0.408 e. The normalized spacial score (nSPS) is 19.4. The first-order chi connectivity index (χ1) is 12.7. The van der Waals surface area contributed by atoms with Gasteiger partial charge in [0.2, 0.25) is 5.91 Å². The lowest BCUT2D eigenvalue weighted by molar-refractivity contribution is -0.130. The molecule has 2 aromatic rings. The summed E-state index contributed by atoms with van der Waals surface area (Å²) >= 11 is 2.29. The Morgan fingerprint density at radius 2 is 1.69 bits per heavy atom. The van der Waals surface area contributed by atoms with E-state index in [4.69, 9.17) is 4.74 Å². The van der Waals surface area contributed by atoms with Gasteiger partial charge in [0.05, 0.1) is 0 Å². The molecule has 2 aromatic carbocycles. The smallest absolute Gasteiger partial charge is 0.408 e. The summed E-state index contributed by atoms with van der Waals surface area (Å²) in [5.41, 5.74) is 2.00. The van der Waals surface area contributed by atoms with Crippen LogP contribution in [0.2, 0.25) is 0 Å². The number of benzene rings is 2. The zero-order valence-corrected chi connectivity index (χ0v) is 16.5. The van der Waals surface area contributed by atoms with Gasteiger partial charge in [0.15, 0.2) is 0 Å². The fourth-order valence-corrected chi connectivity index (χ4v) is 3.88. The standard InChI is InChI=1S/C20H21IN2O3/c21-12-17-11-18(19(24)23(17)13-15-7-3-1-4-8-15)22-20(25)26-14-16-9-5-2-6-10-16/h1-10,17-18H,11-14H2,(H,22,25)/t17-,18+/m1/s1. The summed E-state index contributed by atoms with van der Waals surface area (Å²) in [5, 5.41) is 2.72. The first-order valence-corrected chi connectivity index (χ1v) is 10.1. The molecule has 1 aliphatic heterocycles. The van der Waals surface area contributed by atoms with Crippen molar-refractivity contribution in [1.29, 1.82) is 0 Å². The number of likely N-dealkylation sites (tertiary alicyclic amines) is 1. The summed E-state index contributed by atoms with van der Waals surface area (Å²) in [5.74, 6) is -0.0489. The molecule has 3 rings (SSSR count). The highest BCUT2D eigenvalue weighted by Gasteiger charge is 2.39. The van der Waals surface area contributed by atoms with E-state index >= 15 is 0 Å². The van der Waals surface area contributed by atoms with Gasteiger partial charge in [-0.05, 0) is 17.5 Å². The number of rotatable bonds is 6. The van der Waals surface area contributed by atoms with Crippen molar-refractivity contribution in [3.63, 3.8) is 0 Å². The number of ether oxygens (including phenoxy) is 1. The fraction of sp³-hybridized carbons (Fsp3) is 0.300. The summed E-state index contributed by atoms with van der Waals surface area (Å²) in [6.45, 7) is 0.752. The van der Waals surface area contributed by atoms with Crippen LogP contribution in [0.3, 0.4) is 0 Å². The molecule has 6 heteroatoms. The summed E-state index contributed by atoms with van der Waals surface area (Å²) < 4.78 is 6.07. The van der Waals surface area contributed by atoms with Gasteiger partial charge in [-0.2, -0.15) is 0 Å². The molecule has 1 saturated heterocycles. The molecule has 0 aromatic heterocycles. The summed E-state index contributed by atoms with van der Waals surface area (Å²) in [6.07, 6.45) is 0.0515. The third-order valence-electron chi connectivity index (χ3n) is 4.41. The number of carbonyl (C=O) groups is 2. The Balaban J connectivity index is 1.56. The van der Waals surface area contributed by atoms with Crippen LogP contribution < -0.4 is 5.32 Å². The van der Waals surface area contributed by atoms with Crippen LogP contribution in [0, 0.1) is 0 Å². The van der Waals surface area contributed by atoms with Gasteiger partial charge in [0.25, 0.3) is 0 Å². The quantitative estimate of drug-likeness (QED) is 0.526. The lowest BCUT2D eigenvalue weighted by Crippen LogP contribution is -2.42. The second kappa shape index (κ2) is 9.02. The number of hydrogen-bond acceptors (Lipinski definition) is 3. The Hall–Kier alpha value is -2.09. The zero-order chi connectivity index (χ0) is 18.4. The van der Waals surface area contributed by atoms with Crippen molar-refractivity contribution < 1.29 is 14.3 Å². The average molecular weight is 464 g/mol. The summed E-state index contributed by atoms with van der Waals surface area (Å²) in [6, 6.07) is 19.0. The lowest BCUT2D eigenvalue weighted by atomic mass is 10.2. The third-order valence-corrected chi connectivity index (χ3v) is 5.43. The van der Waals surface area contributed by atoms with Crippen LogP contribution in [0.5, 0.6) is 0 Å². The second-order valence-corrected chi connectivity index (χ2v) is 7.14. The van der Waals surface area contributed by atoms with Crippen molar-refractivity contribution in [2.75, 3.05) is 4.43 Å². The molecule has 26 heavy (non-hydrogen) atoms. The van der Waals surface area contributed by atoms with E-state index in [1.165, 1.54) is 0 Å². The molecule has 0 aliphatic carbocycles. The number of alkyl halides is 1. The number of hydrogen-bond donors (Lipinski definition) is 1. The first kappa shape index (κ1) is 18.7. The molecule has 1 aliphatic rings. The molecular weight excluding hydrogens is 443 g/mol. The van der Waals surface area contributed by atoms with Crippen LogP contribution in [0.1, 0.15) is 17.5 Å². The van der Waals surface area contributed by atoms with E-state index < -0.39 is 12.1 Å². The summed E-state index contributed by atoms with van der Waals surface area (Å²) in [4.78, 5) is 26.7. The SMILES string of the molecule is O=C(N[C@H]1C[C@H](CI)N(Cc2ccccc2)C1=O)OCc1ccccc1. The Morgan fingerprint density at radius 1 is 1.08 bits per heavy atom. The highest BCUT2D eigenvalue weighted by Crippen LogP contribution is 2.24. The van der Waals surface area contributed by atoms with Crippen LogP contribution in [0.15, 0.2) is 60.7 Å². The van der Waals surface area contributed by atoms with Gasteiger partial charge >= 0.3 is 6.09 Å². The molecule has 136 valence electrons. The number of nitrogens with zero attached hydrogens (tertiary/aromatic N) is 1. The third kappa shape index (κ3) is 4.75. The molecule has 1 heterocycles. The van der Waals surface area contributed by atoms with E-state index in [1.54, 1.807) is 0 Å². The minimum atomic E-state index is -0.555. The van der Waals surface area contributed by atoms with Gasteiger partial charge in [0, 0.05) is 17.0 Å². The molecule has 0 radical (unpaired) electrons. The molecule has 0 bridgehead atoms. The molecule has 0 spiro atoms. The predicted molar refractivity (Wildman–Crippen MR) is 108 cm³/mol. The fourth-order valence-electron chi connectivity index (χ4n) is 3.04. The van der Waals surface area contributed by atoms with Gasteiger partial charge in [-0.15, -0.1) is 0 Å². The minimum Gasteiger partial charge on any atom is -0.445 e. The van der Waals surface area contributed by atoms with Crippen LogP contribution in [0.4, 0.5) is 4.79 Å². The maximum atomic E-state index is 12.7. The Bertz CT molecular complexity index is 739. The van der Waals surface area contributed by atoms with Crippen molar-refractivity contribution in [3.05, 3.63) is 71.8 Å². The predicted octanol–water partition coefficient (Wildman–Crippen LogP) is 3.52. The molecular formula is C20H21IN2O3. The Kier molecular flexibility index (Phi) is 6.49. The Labute approximate surface area is 166 Å². The molecule has 0 saturated carbocycles. The maximum absolute atomic E-state index is 12.7. The number of carbonyl (C=O) groups excluding carboxylic acids is 2. The summed E-state index contributed by atoms with van der Waals surface area (Å²) in [7, 11) is 0. The van der Waals surface area contributed by atoms with Gasteiger partial charge in [-0.3, -0.25) is 4.79 Å². The molecule has 2 atom stereocenters. The van der Waals surface area contributed by atoms with Gasteiger partial charge in [-0.1, -0.05) is 83.3 Å². The zero-order valence-electron chi connectivity index (χ0n) is 14.3. The molecule has 1 N–H and O–H groups in total. The number of halogens is 1. The number of amides is 2. The van der Waals surface area contributed by atoms with Crippen LogP contribution in [0.25, 0.3) is 0 Å². The van der Waals surface area contributed by atoms with E-state index in [0.29, 0.717) is 13.0 Å². The highest BCUT2D eigenvalue weighted by atomic mass is 127. The van der Waals surface area contributed by atoms with Crippen LogP contribution >= 0.6 is 22.6 Å². The van der Waals surface area contributed by atoms with E-state index in [-0.39, 0.29) is 18.6 Å². The van der Waals surface area contributed by atoms with Crippen molar-refractivity contribution in [2.45, 2.75) is 31.7 Å². The minimum absolute atomic E-state index is 0.0489. The van der Waals surface area contributed by atoms with Crippen LogP contribution in [-0.4, -0.2) is 33.4 Å². The molecule has 5 nitrogen and oxygen atoms in total. The van der Waals surface area contributed by atoms with Crippen molar-refractivity contribution in [1.82, 2.24) is 10.2 Å². The lowest BCUT2D eigenvalue weighted by Gasteiger charge is -2.23. The van der Waals surface area contributed by atoms with E-state index in [9.17, 15) is 9.59 Å². The van der Waals surface area contributed by atoms with E-state index in [1.807, 2.05) is 65.6 Å². The molecule has 0 unspecified atom stereocenters. The van der Waals surface area contributed by atoms with Gasteiger partial charge in [0.1, 0.15) is 12.6 Å². The topological polar surface area (TPSA) is 58.6 Å². The highest BCUT2D eigenvalue weighted by molar-refractivity contribution is 14.1. The Morgan fingerprint density at radius 3 is 2.31 bits per heavy atom. The largest absolute Gasteiger partial charge is 0.445 e. The second-order valence-electron chi connectivity index (χ2n) is 6.25.